The van der Waals surface area contributed by atoms with Gasteiger partial charge in [-0.05, 0) is 37.5 Å². The van der Waals surface area contributed by atoms with Crippen molar-refractivity contribution in [1.82, 2.24) is 0 Å². The molecule has 13 heavy (non-hydrogen) atoms. The predicted molar refractivity (Wildman–Crippen MR) is 49.1 cm³/mol. The van der Waals surface area contributed by atoms with E-state index >= 15 is 0 Å². The fourth-order valence-electron chi connectivity index (χ4n) is 3.20. The lowest BCUT2D eigenvalue weighted by atomic mass is 9.89. The van der Waals surface area contributed by atoms with Gasteiger partial charge in [-0.3, -0.25) is 0 Å². The van der Waals surface area contributed by atoms with E-state index in [0.29, 0.717) is 12.2 Å². The van der Waals surface area contributed by atoms with Crippen LogP contribution in [-0.4, -0.2) is 18.8 Å². The Balaban J connectivity index is 1.56. The second-order valence-electron chi connectivity index (χ2n) is 4.52. The molecular formula is C11H16O2. The van der Waals surface area contributed by atoms with Gasteiger partial charge in [-0.2, -0.15) is 0 Å². The largest absolute Gasteiger partial charge is 0.501 e. The Morgan fingerprint density at radius 2 is 2.31 bits per heavy atom. The molecule has 1 aliphatic heterocycles. The number of epoxide rings is 1. The van der Waals surface area contributed by atoms with Gasteiger partial charge in [0, 0.05) is 0 Å². The van der Waals surface area contributed by atoms with Crippen LogP contribution in [0.5, 0.6) is 0 Å². The van der Waals surface area contributed by atoms with Crippen LogP contribution in [0.2, 0.25) is 0 Å². The lowest BCUT2D eigenvalue weighted by molar-refractivity contribution is 0.153. The summed E-state index contributed by atoms with van der Waals surface area (Å²) in [5.41, 5.74) is 0. The summed E-state index contributed by atoms with van der Waals surface area (Å²) in [7, 11) is 0. The minimum absolute atomic E-state index is 0.623. The van der Waals surface area contributed by atoms with E-state index in [1.165, 1.54) is 12.8 Å². The van der Waals surface area contributed by atoms with Crippen molar-refractivity contribution in [3.63, 3.8) is 0 Å². The molecule has 2 aliphatic carbocycles. The van der Waals surface area contributed by atoms with Gasteiger partial charge in [0.25, 0.3) is 0 Å². The third-order valence-corrected chi connectivity index (χ3v) is 3.78. The molecule has 0 aromatic carbocycles. The Kier molecular flexibility index (Phi) is 1.66. The number of hydrogen-bond donors (Lipinski definition) is 0. The van der Waals surface area contributed by atoms with Crippen LogP contribution in [0.25, 0.3) is 0 Å². The summed E-state index contributed by atoms with van der Waals surface area (Å²) in [4.78, 5) is 0. The first kappa shape index (κ1) is 7.86. The Labute approximate surface area is 78.9 Å². The zero-order valence-corrected chi connectivity index (χ0v) is 7.98. The fourth-order valence-corrected chi connectivity index (χ4v) is 3.20. The highest BCUT2D eigenvalue weighted by Gasteiger charge is 2.63. The molecule has 2 heteroatoms. The quantitative estimate of drug-likeness (QED) is 0.489. The minimum atomic E-state index is 0.623. The molecule has 2 nitrogen and oxygen atoms in total. The summed E-state index contributed by atoms with van der Waals surface area (Å²) in [6.45, 7) is 2.89. The van der Waals surface area contributed by atoms with E-state index < -0.39 is 0 Å². The molecule has 5 unspecified atom stereocenters. The van der Waals surface area contributed by atoms with E-state index in [9.17, 15) is 0 Å². The smallest absolute Gasteiger partial charge is 0.0905 e. The minimum Gasteiger partial charge on any atom is -0.501 e. The van der Waals surface area contributed by atoms with Crippen molar-refractivity contribution in [1.29, 1.82) is 0 Å². The van der Waals surface area contributed by atoms with Crippen molar-refractivity contribution in [3.05, 3.63) is 12.3 Å². The third kappa shape index (κ3) is 1.12. The van der Waals surface area contributed by atoms with Crippen LogP contribution < -0.4 is 0 Å². The maximum absolute atomic E-state index is 5.60. The summed E-state index contributed by atoms with van der Waals surface area (Å²) >= 11 is 0. The molecule has 0 amide bonds. The summed E-state index contributed by atoms with van der Waals surface area (Å²) < 4.78 is 11.1. The zero-order chi connectivity index (χ0) is 8.84. The molecule has 0 aromatic heterocycles. The average Bonchev–Trinajstić information content (AvgIpc) is 2.76. The molecule has 0 N–H and O–H groups in total. The van der Waals surface area contributed by atoms with E-state index in [1.54, 1.807) is 6.26 Å². The monoisotopic (exact) mass is 180 g/mol. The number of ether oxygens (including phenoxy) is 2. The summed E-state index contributed by atoms with van der Waals surface area (Å²) in [5, 5.41) is 0. The lowest BCUT2D eigenvalue weighted by Crippen LogP contribution is -2.21. The van der Waals surface area contributed by atoms with Gasteiger partial charge >= 0.3 is 0 Å². The molecule has 3 rings (SSSR count). The van der Waals surface area contributed by atoms with Crippen molar-refractivity contribution >= 4 is 0 Å². The molecule has 2 saturated carbocycles. The first-order chi connectivity index (χ1) is 6.40. The SMILES string of the molecule is CC=COCC1CC2CC1C1OC21. The van der Waals surface area contributed by atoms with E-state index in [1.807, 2.05) is 13.0 Å². The number of allylic oxidation sites excluding steroid dienone is 1. The van der Waals surface area contributed by atoms with Gasteiger partial charge in [-0.1, -0.05) is 6.08 Å². The van der Waals surface area contributed by atoms with Crippen LogP contribution in [0.4, 0.5) is 0 Å². The highest BCUT2D eigenvalue weighted by Crippen LogP contribution is 2.58. The van der Waals surface area contributed by atoms with Crippen LogP contribution in [0.1, 0.15) is 19.8 Å². The predicted octanol–water partition coefficient (Wildman–Crippen LogP) is 1.96. The molecule has 5 atom stereocenters. The van der Waals surface area contributed by atoms with Gasteiger partial charge in [0.15, 0.2) is 0 Å². The topological polar surface area (TPSA) is 21.8 Å². The molecule has 0 aromatic rings. The second kappa shape index (κ2) is 2.74. The van der Waals surface area contributed by atoms with E-state index in [2.05, 4.69) is 0 Å². The van der Waals surface area contributed by atoms with Crippen LogP contribution >= 0.6 is 0 Å². The Bertz CT molecular complexity index is 236. The normalized spacial score (nSPS) is 51.3. The van der Waals surface area contributed by atoms with Crippen molar-refractivity contribution in [2.45, 2.75) is 32.0 Å². The van der Waals surface area contributed by atoms with Crippen molar-refractivity contribution in [3.8, 4) is 0 Å². The molecule has 2 bridgehead atoms. The summed E-state index contributed by atoms with van der Waals surface area (Å²) in [6.07, 6.45) is 7.77. The summed E-state index contributed by atoms with van der Waals surface area (Å²) in [6, 6.07) is 0. The van der Waals surface area contributed by atoms with Gasteiger partial charge in [-0.15, -0.1) is 0 Å². The van der Waals surface area contributed by atoms with Gasteiger partial charge in [-0.25, -0.2) is 0 Å². The van der Waals surface area contributed by atoms with Gasteiger partial charge < -0.3 is 9.47 Å². The number of fused-ring (bicyclic) bond motifs is 5. The van der Waals surface area contributed by atoms with Crippen LogP contribution in [0.15, 0.2) is 12.3 Å². The molecular weight excluding hydrogens is 164 g/mol. The standard InChI is InChI=1S/C11H16O2/c1-2-3-12-6-8-4-7-5-9(8)11-10(7)13-11/h2-3,7-11H,4-6H2,1H3. The lowest BCUT2D eigenvalue weighted by Gasteiger charge is -2.18. The van der Waals surface area contributed by atoms with Crippen molar-refractivity contribution < 1.29 is 9.47 Å². The van der Waals surface area contributed by atoms with Crippen molar-refractivity contribution in [2.75, 3.05) is 6.61 Å². The van der Waals surface area contributed by atoms with Crippen LogP contribution in [-0.2, 0) is 9.47 Å². The second-order valence-corrected chi connectivity index (χ2v) is 4.52. The van der Waals surface area contributed by atoms with E-state index in [0.717, 1.165) is 24.4 Å². The number of rotatable bonds is 3. The highest BCUT2D eigenvalue weighted by molar-refractivity contribution is 5.10. The molecule has 0 radical (unpaired) electrons. The van der Waals surface area contributed by atoms with Gasteiger partial charge in [0.1, 0.15) is 0 Å². The van der Waals surface area contributed by atoms with E-state index in [-0.39, 0.29) is 0 Å². The van der Waals surface area contributed by atoms with E-state index in [4.69, 9.17) is 9.47 Å². The van der Waals surface area contributed by atoms with Gasteiger partial charge in [0.05, 0.1) is 25.1 Å². The Morgan fingerprint density at radius 3 is 3.00 bits per heavy atom. The Hall–Kier alpha value is -0.500. The molecule has 0 spiro atoms. The van der Waals surface area contributed by atoms with Gasteiger partial charge in [0.2, 0.25) is 0 Å². The molecule has 72 valence electrons. The number of hydrogen-bond acceptors (Lipinski definition) is 2. The molecule has 3 aliphatic rings. The maximum atomic E-state index is 5.60. The first-order valence-electron chi connectivity index (χ1n) is 5.28. The Morgan fingerprint density at radius 1 is 1.38 bits per heavy atom. The maximum Gasteiger partial charge on any atom is 0.0905 e. The summed E-state index contributed by atoms with van der Waals surface area (Å²) in [5.74, 6) is 2.46. The molecule has 1 saturated heterocycles. The zero-order valence-electron chi connectivity index (χ0n) is 7.98. The van der Waals surface area contributed by atoms with Crippen LogP contribution in [0.3, 0.4) is 0 Å². The highest BCUT2D eigenvalue weighted by atomic mass is 16.6. The molecule has 3 fully saturated rings. The van der Waals surface area contributed by atoms with Crippen molar-refractivity contribution in [2.24, 2.45) is 17.8 Å². The first-order valence-corrected chi connectivity index (χ1v) is 5.28. The average molecular weight is 180 g/mol. The van der Waals surface area contributed by atoms with Crippen LogP contribution in [0, 0.1) is 17.8 Å². The fraction of sp³-hybridized carbons (Fsp3) is 0.818. The molecule has 1 heterocycles. The third-order valence-electron chi connectivity index (χ3n) is 3.78.